The van der Waals surface area contributed by atoms with Gasteiger partial charge in [-0.05, 0) is 12.1 Å². The van der Waals surface area contributed by atoms with Crippen molar-refractivity contribution in [3.05, 3.63) is 36.4 Å². The number of hydrogen-bond acceptors (Lipinski definition) is 4. The molecule has 0 N–H and O–H groups in total. The highest BCUT2D eigenvalue weighted by Gasteiger charge is 2.08. The molecule has 5 heteroatoms. The minimum absolute atomic E-state index is 0.356. The van der Waals surface area contributed by atoms with Gasteiger partial charge in [0.1, 0.15) is 23.9 Å². The van der Waals surface area contributed by atoms with Crippen molar-refractivity contribution in [1.29, 1.82) is 5.26 Å². The summed E-state index contributed by atoms with van der Waals surface area (Å²) in [6.45, 7) is 0. The normalized spacial score (nSPS) is 9.71. The number of methoxy groups -OCH3 is 2. The summed E-state index contributed by atoms with van der Waals surface area (Å²) in [6, 6.07) is 7.42. The maximum atomic E-state index is 8.74. The fourth-order valence-corrected chi connectivity index (χ4v) is 1.51. The lowest BCUT2D eigenvalue weighted by atomic mass is 10.2. The number of nitriles is 1. The average molecular weight is 229 g/mol. The summed E-state index contributed by atoms with van der Waals surface area (Å²) in [5.41, 5.74) is 1.13. The first-order valence-corrected chi connectivity index (χ1v) is 4.95. The van der Waals surface area contributed by atoms with Crippen LogP contribution in [-0.2, 0) is 0 Å². The third-order valence-electron chi connectivity index (χ3n) is 2.36. The van der Waals surface area contributed by atoms with E-state index in [1.54, 1.807) is 37.4 Å². The van der Waals surface area contributed by atoms with Gasteiger partial charge in [-0.1, -0.05) is 0 Å². The Balaban J connectivity index is 2.52. The van der Waals surface area contributed by atoms with Crippen molar-refractivity contribution < 1.29 is 9.47 Å². The van der Waals surface area contributed by atoms with E-state index in [1.165, 1.54) is 0 Å². The van der Waals surface area contributed by atoms with E-state index in [0.29, 0.717) is 17.2 Å². The maximum Gasteiger partial charge on any atom is 0.158 e. The molecule has 0 atom stereocenters. The molecule has 5 nitrogen and oxygen atoms in total. The molecule has 0 saturated carbocycles. The van der Waals surface area contributed by atoms with Crippen molar-refractivity contribution in [2.24, 2.45) is 0 Å². The summed E-state index contributed by atoms with van der Waals surface area (Å²) >= 11 is 0. The largest absolute Gasteiger partial charge is 0.497 e. The molecule has 17 heavy (non-hydrogen) atoms. The van der Waals surface area contributed by atoms with Crippen LogP contribution in [0, 0.1) is 11.3 Å². The highest BCUT2D eigenvalue weighted by atomic mass is 16.5. The minimum Gasteiger partial charge on any atom is -0.497 e. The summed E-state index contributed by atoms with van der Waals surface area (Å²) in [7, 11) is 3.19. The molecule has 0 amide bonds. The number of rotatable bonds is 3. The van der Waals surface area contributed by atoms with Gasteiger partial charge in [0.05, 0.1) is 19.9 Å². The quantitative estimate of drug-likeness (QED) is 0.804. The summed E-state index contributed by atoms with van der Waals surface area (Å²) < 4.78 is 12.1. The van der Waals surface area contributed by atoms with Crippen LogP contribution in [-0.4, -0.2) is 23.8 Å². The second kappa shape index (κ2) is 4.58. The predicted molar refractivity (Wildman–Crippen MR) is 61.4 cm³/mol. The lowest BCUT2D eigenvalue weighted by Crippen LogP contribution is -1.96. The molecule has 1 aromatic carbocycles. The number of hydrogen-bond donors (Lipinski definition) is 0. The highest BCUT2D eigenvalue weighted by Crippen LogP contribution is 2.27. The van der Waals surface area contributed by atoms with E-state index in [4.69, 9.17) is 14.7 Å². The number of ether oxygens (including phenoxy) is 2. The van der Waals surface area contributed by atoms with Gasteiger partial charge in [-0.25, -0.2) is 4.98 Å². The van der Waals surface area contributed by atoms with E-state index in [1.807, 2.05) is 18.2 Å². The second-order valence-electron chi connectivity index (χ2n) is 3.32. The van der Waals surface area contributed by atoms with Gasteiger partial charge < -0.3 is 14.0 Å². The summed E-state index contributed by atoms with van der Waals surface area (Å²) in [6.07, 6.45) is 3.20. The number of nitrogens with zero attached hydrogens (tertiary/aromatic N) is 3. The number of imidazole rings is 1. The molecule has 0 unspecified atom stereocenters. The van der Waals surface area contributed by atoms with E-state index in [9.17, 15) is 0 Å². The van der Waals surface area contributed by atoms with Crippen LogP contribution in [0.4, 0.5) is 0 Å². The van der Waals surface area contributed by atoms with Gasteiger partial charge >= 0.3 is 0 Å². The van der Waals surface area contributed by atoms with Crippen molar-refractivity contribution >= 4 is 0 Å². The molecular formula is C12H11N3O2. The third kappa shape index (κ3) is 2.06. The molecule has 1 aromatic heterocycles. The third-order valence-corrected chi connectivity index (χ3v) is 2.36. The van der Waals surface area contributed by atoms with Gasteiger partial charge in [-0.15, -0.1) is 0 Å². The Hall–Kier alpha value is -2.48. The van der Waals surface area contributed by atoms with Crippen LogP contribution in [0.1, 0.15) is 5.69 Å². The zero-order valence-corrected chi connectivity index (χ0v) is 9.54. The van der Waals surface area contributed by atoms with Crippen LogP contribution >= 0.6 is 0 Å². The molecule has 0 aliphatic heterocycles. The van der Waals surface area contributed by atoms with Crippen LogP contribution in [0.15, 0.2) is 30.7 Å². The van der Waals surface area contributed by atoms with Gasteiger partial charge in [-0.3, -0.25) is 0 Å². The smallest absolute Gasteiger partial charge is 0.158 e. The van der Waals surface area contributed by atoms with Crippen LogP contribution in [0.2, 0.25) is 0 Å². The molecule has 0 fully saturated rings. The van der Waals surface area contributed by atoms with Crippen LogP contribution in [0.3, 0.4) is 0 Å². The predicted octanol–water partition coefficient (Wildman–Crippen LogP) is 1.76. The van der Waals surface area contributed by atoms with Gasteiger partial charge in [0, 0.05) is 12.3 Å². The highest BCUT2D eigenvalue weighted by molar-refractivity contribution is 5.51. The SMILES string of the molecule is COc1ccc(OC)c(-n2cnc(C#N)c2)c1. The number of aromatic nitrogens is 2. The Morgan fingerprint density at radius 3 is 2.71 bits per heavy atom. The van der Waals surface area contributed by atoms with Gasteiger partial charge in [0.15, 0.2) is 5.69 Å². The minimum atomic E-state index is 0.356. The van der Waals surface area contributed by atoms with Crippen molar-refractivity contribution in [1.82, 2.24) is 9.55 Å². The molecular weight excluding hydrogens is 218 g/mol. The lowest BCUT2D eigenvalue weighted by molar-refractivity contribution is 0.401. The van der Waals surface area contributed by atoms with Crippen molar-refractivity contribution in [2.45, 2.75) is 0 Å². The Kier molecular flexibility index (Phi) is 2.97. The average Bonchev–Trinajstić information content (AvgIpc) is 2.86. The molecule has 0 aliphatic rings. The number of benzene rings is 1. The van der Waals surface area contributed by atoms with Crippen LogP contribution in [0.5, 0.6) is 11.5 Å². The molecule has 0 spiro atoms. The first kappa shape index (κ1) is 11.0. The molecule has 2 aromatic rings. The molecule has 0 saturated heterocycles. The van der Waals surface area contributed by atoms with E-state index < -0.39 is 0 Å². The summed E-state index contributed by atoms with van der Waals surface area (Å²) in [4.78, 5) is 3.95. The standard InChI is InChI=1S/C12H11N3O2/c1-16-10-3-4-12(17-2)11(5-10)15-7-9(6-13)14-8-15/h3-5,7-8H,1-2H3. The Morgan fingerprint density at radius 2 is 2.12 bits per heavy atom. The fourth-order valence-electron chi connectivity index (χ4n) is 1.51. The summed E-state index contributed by atoms with van der Waals surface area (Å²) in [5.74, 6) is 1.40. The fraction of sp³-hybridized carbons (Fsp3) is 0.167. The van der Waals surface area contributed by atoms with Crippen molar-refractivity contribution in [3.63, 3.8) is 0 Å². The van der Waals surface area contributed by atoms with E-state index in [-0.39, 0.29) is 0 Å². The van der Waals surface area contributed by atoms with E-state index >= 15 is 0 Å². The topological polar surface area (TPSA) is 60.1 Å². The molecule has 86 valence electrons. The molecule has 2 rings (SSSR count). The summed E-state index contributed by atoms with van der Waals surface area (Å²) in [5, 5.41) is 8.74. The lowest BCUT2D eigenvalue weighted by Gasteiger charge is -2.10. The zero-order valence-electron chi connectivity index (χ0n) is 9.54. The van der Waals surface area contributed by atoms with Gasteiger partial charge in [0.2, 0.25) is 0 Å². The molecule has 0 bridgehead atoms. The first-order chi connectivity index (χ1) is 8.28. The van der Waals surface area contributed by atoms with Gasteiger partial charge in [0.25, 0.3) is 0 Å². The van der Waals surface area contributed by atoms with Crippen LogP contribution in [0.25, 0.3) is 5.69 Å². The molecule has 0 radical (unpaired) electrons. The molecule has 1 heterocycles. The Morgan fingerprint density at radius 1 is 1.29 bits per heavy atom. The Bertz CT molecular complexity index is 569. The van der Waals surface area contributed by atoms with Crippen LogP contribution < -0.4 is 9.47 Å². The Labute approximate surface area is 98.8 Å². The zero-order chi connectivity index (χ0) is 12.3. The maximum absolute atomic E-state index is 8.74. The molecule has 0 aliphatic carbocycles. The van der Waals surface area contributed by atoms with E-state index in [2.05, 4.69) is 4.98 Å². The second-order valence-corrected chi connectivity index (χ2v) is 3.32. The van der Waals surface area contributed by atoms with Crippen molar-refractivity contribution in [3.8, 4) is 23.3 Å². The van der Waals surface area contributed by atoms with Gasteiger partial charge in [-0.2, -0.15) is 5.26 Å². The first-order valence-electron chi connectivity index (χ1n) is 4.95. The van der Waals surface area contributed by atoms with Crippen molar-refractivity contribution in [2.75, 3.05) is 14.2 Å². The van der Waals surface area contributed by atoms with E-state index in [0.717, 1.165) is 5.69 Å². The monoisotopic (exact) mass is 229 g/mol.